The third-order valence-corrected chi connectivity index (χ3v) is 7.68. The number of carboxylic acid groups (broad SMARTS) is 1. The average Bonchev–Trinajstić information content (AvgIpc) is 2.68. The van der Waals surface area contributed by atoms with Crippen LogP contribution in [0.1, 0.15) is 71.8 Å². The highest BCUT2D eigenvalue weighted by atomic mass is 79.9. The van der Waals surface area contributed by atoms with Crippen molar-refractivity contribution in [3.8, 4) is 5.75 Å². The number of hydrogen-bond acceptors (Lipinski definition) is 5. The van der Waals surface area contributed by atoms with Crippen LogP contribution in [0.5, 0.6) is 5.75 Å². The number of halogens is 1. The molecule has 34 heavy (non-hydrogen) atoms. The van der Waals surface area contributed by atoms with Crippen LogP contribution in [0.2, 0.25) is 0 Å². The van der Waals surface area contributed by atoms with E-state index in [4.69, 9.17) is 4.74 Å². The first-order chi connectivity index (χ1) is 15.8. The number of carbonyl (C=O) groups is 3. The molecule has 0 unspecified atom stereocenters. The van der Waals surface area contributed by atoms with Crippen LogP contribution in [-0.4, -0.2) is 30.7 Å². The van der Waals surface area contributed by atoms with Crippen LogP contribution in [-0.2, 0) is 14.4 Å². The van der Waals surface area contributed by atoms with E-state index in [1.165, 1.54) is 0 Å². The summed E-state index contributed by atoms with van der Waals surface area (Å²) < 4.78 is 6.43. The normalized spacial score (nSPS) is 25.7. The maximum Gasteiger partial charge on any atom is 0.165 e. The number of ketones is 2. The first-order valence-corrected chi connectivity index (χ1v) is 12.6. The molecule has 1 aliphatic heterocycles. The summed E-state index contributed by atoms with van der Waals surface area (Å²) in [7, 11) is 0. The standard InChI is InChI=1S/C27H32BrNO5/c1-6-34-21-8-7-15(9-16(21)28)23-24-17(10-26(2,3)12-19(24)30)29(14-22(32)33)18-11-27(4,5)13-20(31)25(18)23/h7-9,23H,6,10-14H2,1-5H3,(H,32,33). The van der Waals surface area contributed by atoms with Gasteiger partial charge in [-0.25, -0.2) is 0 Å². The van der Waals surface area contributed by atoms with E-state index in [1.807, 2.05) is 52.8 Å². The Morgan fingerprint density at radius 1 is 1.03 bits per heavy atom. The molecule has 1 aromatic rings. The molecule has 0 aromatic heterocycles. The number of ether oxygens (including phenoxy) is 1. The Morgan fingerprint density at radius 2 is 1.56 bits per heavy atom. The van der Waals surface area contributed by atoms with E-state index in [1.54, 1.807) is 0 Å². The number of allylic oxidation sites excluding steroid dienone is 4. The fraction of sp³-hybridized carbons (Fsp3) is 0.519. The molecule has 2 aliphatic carbocycles. The van der Waals surface area contributed by atoms with E-state index in [-0.39, 0.29) is 28.9 Å². The molecule has 0 saturated heterocycles. The molecular formula is C27H32BrNO5. The molecule has 7 heteroatoms. The van der Waals surface area contributed by atoms with Crippen molar-refractivity contribution in [1.82, 2.24) is 0 Å². The minimum Gasteiger partial charge on any atom is -0.544 e. The highest BCUT2D eigenvalue weighted by molar-refractivity contribution is 9.10. The van der Waals surface area contributed by atoms with Crippen molar-refractivity contribution in [2.75, 3.05) is 13.2 Å². The Labute approximate surface area is 209 Å². The number of hydrogen-bond donors (Lipinski definition) is 1. The molecule has 182 valence electrons. The van der Waals surface area contributed by atoms with Crippen molar-refractivity contribution in [2.24, 2.45) is 10.8 Å². The van der Waals surface area contributed by atoms with Gasteiger partial charge in [0.05, 0.1) is 34.1 Å². The lowest BCUT2D eigenvalue weighted by Crippen LogP contribution is -3.11. The van der Waals surface area contributed by atoms with Crippen LogP contribution in [0.15, 0.2) is 45.2 Å². The topological polar surface area (TPSA) is 87.9 Å². The minimum absolute atomic E-state index is 0.0127. The molecule has 0 fully saturated rings. The summed E-state index contributed by atoms with van der Waals surface area (Å²) >= 11 is 3.58. The molecule has 3 aliphatic rings. The molecule has 0 bridgehead atoms. The molecule has 0 atom stereocenters. The Bertz CT molecular complexity index is 1090. The molecule has 6 nitrogen and oxygen atoms in total. The summed E-state index contributed by atoms with van der Waals surface area (Å²) in [4.78, 5) is 39.7. The molecule has 4 rings (SSSR count). The Balaban J connectivity index is 1.98. The smallest absolute Gasteiger partial charge is 0.165 e. The van der Waals surface area contributed by atoms with Gasteiger partial charge in [0.2, 0.25) is 0 Å². The molecule has 0 spiro atoms. The molecule has 1 N–H and O–H groups in total. The van der Waals surface area contributed by atoms with Gasteiger partial charge >= 0.3 is 0 Å². The highest BCUT2D eigenvalue weighted by Crippen LogP contribution is 2.50. The van der Waals surface area contributed by atoms with E-state index in [0.717, 1.165) is 21.4 Å². The maximum atomic E-state index is 13.6. The monoisotopic (exact) mass is 529 g/mol. The number of nitrogens with one attached hydrogen (secondary N) is 1. The van der Waals surface area contributed by atoms with E-state index in [0.29, 0.717) is 54.1 Å². The van der Waals surface area contributed by atoms with Crippen molar-refractivity contribution in [3.05, 3.63) is 50.8 Å². The van der Waals surface area contributed by atoms with Gasteiger partial charge in [-0.1, -0.05) is 33.8 Å². The van der Waals surface area contributed by atoms with Gasteiger partial charge in [0.15, 0.2) is 11.6 Å². The van der Waals surface area contributed by atoms with E-state index >= 15 is 0 Å². The first-order valence-electron chi connectivity index (χ1n) is 11.8. The SMILES string of the molecule is CCOc1ccc(C2C3=C(CC(C)(C)CC3=O)[NH+](CC(=O)[O-])C3=C2C(=O)CC(C)(C)C3)cc1Br. The zero-order chi connectivity index (χ0) is 25.0. The highest BCUT2D eigenvalue weighted by Gasteiger charge is 2.52. The Hall–Kier alpha value is -2.25. The van der Waals surface area contributed by atoms with Gasteiger partial charge in [0, 0.05) is 25.7 Å². The zero-order valence-corrected chi connectivity index (χ0v) is 22.1. The van der Waals surface area contributed by atoms with Gasteiger partial charge in [0.25, 0.3) is 0 Å². The van der Waals surface area contributed by atoms with Gasteiger partial charge in [-0.2, -0.15) is 0 Å². The second-order valence-electron chi connectivity index (χ2n) is 11.2. The number of aliphatic carboxylic acids is 1. The number of Topliss-reactive ketones (excluding diaryl/α,β-unsaturated/α-hetero) is 2. The second kappa shape index (κ2) is 8.76. The van der Waals surface area contributed by atoms with Gasteiger partial charge < -0.3 is 14.6 Å². The van der Waals surface area contributed by atoms with E-state index in [2.05, 4.69) is 15.9 Å². The molecule has 0 amide bonds. The lowest BCUT2D eigenvalue weighted by molar-refractivity contribution is -0.821. The van der Waals surface area contributed by atoms with Crippen molar-refractivity contribution in [1.29, 1.82) is 0 Å². The van der Waals surface area contributed by atoms with Gasteiger partial charge in [-0.15, -0.1) is 0 Å². The first kappa shape index (κ1) is 24.9. The van der Waals surface area contributed by atoms with Crippen molar-refractivity contribution in [3.63, 3.8) is 0 Å². The molecule has 1 aromatic carbocycles. The Kier molecular flexibility index (Phi) is 6.40. The summed E-state index contributed by atoms with van der Waals surface area (Å²) in [6, 6.07) is 5.70. The lowest BCUT2D eigenvalue weighted by atomic mass is 9.63. The number of carboxylic acids is 1. The molecular weight excluding hydrogens is 498 g/mol. The quantitative estimate of drug-likeness (QED) is 0.633. The summed E-state index contributed by atoms with van der Waals surface area (Å²) in [5.41, 5.74) is 3.02. The summed E-state index contributed by atoms with van der Waals surface area (Å²) in [5.74, 6) is -1.03. The fourth-order valence-corrected chi connectivity index (χ4v) is 6.38. The van der Waals surface area contributed by atoms with Gasteiger partial charge in [-0.3, -0.25) is 14.5 Å². The minimum atomic E-state index is -1.19. The van der Waals surface area contributed by atoms with Crippen LogP contribution in [0.25, 0.3) is 0 Å². The number of quaternary nitrogens is 1. The summed E-state index contributed by atoms with van der Waals surface area (Å²) in [6.07, 6.45) is 1.91. The van der Waals surface area contributed by atoms with Crippen molar-refractivity contribution in [2.45, 2.75) is 66.2 Å². The largest absolute Gasteiger partial charge is 0.544 e. The second-order valence-corrected chi connectivity index (χ2v) is 12.1. The Morgan fingerprint density at radius 3 is 2.00 bits per heavy atom. The van der Waals surface area contributed by atoms with E-state index < -0.39 is 11.9 Å². The van der Waals surface area contributed by atoms with E-state index in [9.17, 15) is 19.5 Å². The van der Waals surface area contributed by atoms with Crippen molar-refractivity contribution < 1.29 is 29.1 Å². The van der Waals surface area contributed by atoms with Gasteiger partial charge in [-0.05, 0) is 51.4 Å². The maximum absolute atomic E-state index is 13.6. The van der Waals surface area contributed by atoms with Crippen LogP contribution in [0, 0.1) is 10.8 Å². The van der Waals surface area contributed by atoms with Gasteiger partial charge in [0.1, 0.15) is 23.7 Å². The summed E-state index contributed by atoms with van der Waals surface area (Å²) in [6.45, 7) is 10.3. The third kappa shape index (κ3) is 4.52. The number of carbonyl (C=O) groups excluding carboxylic acids is 3. The average molecular weight is 530 g/mol. The van der Waals surface area contributed by atoms with Crippen LogP contribution in [0.3, 0.4) is 0 Å². The van der Waals surface area contributed by atoms with Crippen LogP contribution < -0.4 is 14.7 Å². The van der Waals surface area contributed by atoms with Crippen molar-refractivity contribution >= 4 is 33.5 Å². The molecule has 0 saturated carbocycles. The molecule has 0 radical (unpaired) electrons. The predicted octanol–water partition coefficient (Wildman–Crippen LogP) is 2.87. The zero-order valence-electron chi connectivity index (χ0n) is 20.5. The predicted molar refractivity (Wildman–Crippen MR) is 129 cm³/mol. The molecule has 1 heterocycles. The third-order valence-electron chi connectivity index (χ3n) is 7.06. The fourth-order valence-electron chi connectivity index (χ4n) is 5.86. The van der Waals surface area contributed by atoms with Crippen LogP contribution >= 0.6 is 15.9 Å². The van der Waals surface area contributed by atoms with Crippen LogP contribution in [0.4, 0.5) is 0 Å². The summed E-state index contributed by atoms with van der Waals surface area (Å²) in [5, 5.41) is 11.8. The number of benzene rings is 1. The lowest BCUT2D eigenvalue weighted by Gasteiger charge is -2.45. The number of rotatable bonds is 5.